The topological polar surface area (TPSA) is 67.2 Å². The van der Waals surface area contributed by atoms with Crippen molar-refractivity contribution in [2.75, 3.05) is 0 Å². The summed E-state index contributed by atoms with van der Waals surface area (Å²) < 4.78 is 30.0. The molecule has 0 aliphatic heterocycles. The zero-order chi connectivity index (χ0) is 14.8. The fourth-order valence-corrected chi connectivity index (χ4v) is 2.84. The van der Waals surface area contributed by atoms with Gasteiger partial charge in [-0.05, 0) is 37.3 Å². The Balaban J connectivity index is 2.39. The van der Waals surface area contributed by atoms with Gasteiger partial charge in [0.25, 0.3) is 0 Å². The Morgan fingerprint density at radius 1 is 1.15 bits per heavy atom. The van der Waals surface area contributed by atoms with Crippen LogP contribution in [-0.4, -0.2) is 8.42 Å². The first-order valence-electron chi connectivity index (χ1n) is 5.63. The fraction of sp³-hybridized carbons (Fsp3) is 0.0714. The van der Waals surface area contributed by atoms with E-state index in [4.69, 9.17) is 9.44 Å². The zero-order valence-electron chi connectivity index (χ0n) is 10.5. The van der Waals surface area contributed by atoms with E-state index in [2.05, 4.69) is 15.9 Å². The summed E-state index contributed by atoms with van der Waals surface area (Å²) in [5.41, 5.74) is 1.10. The molecule has 0 heterocycles. The molecular formula is C14H10BrNO3S. The molecule has 0 bridgehead atoms. The van der Waals surface area contributed by atoms with Crippen LogP contribution in [0.1, 0.15) is 11.1 Å². The van der Waals surface area contributed by atoms with Crippen LogP contribution in [0.25, 0.3) is 0 Å². The molecule has 0 unspecified atom stereocenters. The Bertz CT molecular complexity index is 777. The largest absolute Gasteiger partial charge is 0.378 e. The molecule has 0 N–H and O–H groups in total. The molecule has 0 aliphatic rings. The molecule has 4 nitrogen and oxygen atoms in total. The van der Waals surface area contributed by atoms with E-state index in [-0.39, 0.29) is 16.2 Å². The number of benzene rings is 2. The standard InChI is InChI=1S/C14H10BrNO3S/c1-10-2-5-13(6-3-10)20(17,18)19-14-7-4-12(15)8-11(14)9-16/h2-8H,1H3. The predicted octanol–water partition coefficient (Wildman–Crippen LogP) is 3.40. The second-order valence-corrected chi connectivity index (χ2v) is 6.56. The van der Waals surface area contributed by atoms with Gasteiger partial charge in [-0.3, -0.25) is 0 Å². The third-order valence-electron chi connectivity index (χ3n) is 2.57. The SMILES string of the molecule is Cc1ccc(S(=O)(=O)Oc2ccc(Br)cc2C#N)cc1. The van der Waals surface area contributed by atoms with Gasteiger partial charge in [0.15, 0.2) is 5.75 Å². The van der Waals surface area contributed by atoms with Crippen molar-refractivity contribution in [3.63, 3.8) is 0 Å². The molecule has 102 valence electrons. The molecule has 0 fully saturated rings. The number of halogens is 1. The highest BCUT2D eigenvalue weighted by Gasteiger charge is 2.18. The Hall–Kier alpha value is -1.84. The lowest BCUT2D eigenvalue weighted by Crippen LogP contribution is -2.10. The number of rotatable bonds is 3. The van der Waals surface area contributed by atoms with Crippen molar-refractivity contribution in [1.29, 1.82) is 5.26 Å². The number of aryl methyl sites for hydroxylation is 1. The van der Waals surface area contributed by atoms with Gasteiger partial charge < -0.3 is 4.18 Å². The summed E-state index contributed by atoms with van der Waals surface area (Å²) in [4.78, 5) is 0.0508. The third-order valence-corrected chi connectivity index (χ3v) is 4.31. The Morgan fingerprint density at radius 2 is 1.80 bits per heavy atom. The lowest BCUT2D eigenvalue weighted by molar-refractivity contribution is 0.485. The van der Waals surface area contributed by atoms with Crippen molar-refractivity contribution in [1.82, 2.24) is 0 Å². The lowest BCUT2D eigenvalue weighted by atomic mass is 10.2. The summed E-state index contributed by atoms with van der Waals surface area (Å²) in [6.07, 6.45) is 0. The van der Waals surface area contributed by atoms with E-state index in [9.17, 15) is 8.42 Å². The maximum absolute atomic E-state index is 12.1. The number of nitriles is 1. The normalized spacial score (nSPS) is 10.8. The maximum Gasteiger partial charge on any atom is 0.339 e. The maximum atomic E-state index is 12.1. The Kier molecular flexibility index (Phi) is 4.12. The van der Waals surface area contributed by atoms with E-state index in [0.29, 0.717) is 4.47 Å². The van der Waals surface area contributed by atoms with Crippen molar-refractivity contribution < 1.29 is 12.6 Å². The summed E-state index contributed by atoms with van der Waals surface area (Å²) in [7, 11) is -3.94. The van der Waals surface area contributed by atoms with Gasteiger partial charge in [-0.25, -0.2) is 0 Å². The zero-order valence-corrected chi connectivity index (χ0v) is 12.9. The first kappa shape index (κ1) is 14.6. The van der Waals surface area contributed by atoms with E-state index in [0.717, 1.165) is 5.56 Å². The number of hydrogen-bond acceptors (Lipinski definition) is 4. The molecule has 6 heteroatoms. The second-order valence-electron chi connectivity index (χ2n) is 4.10. The van der Waals surface area contributed by atoms with Crippen LogP contribution in [0.3, 0.4) is 0 Å². The molecule has 0 saturated carbocycles. The van der Waals surface area contributed by atoms with Crippen LogP contribution < -0.4 is 4.18 Å². The van der Waals surface area contributed by atoms with Crippen molar-refractivity contribution in [3.8, 4) is 11.8 Å². The van der Waals surface area contributed by atoms with Crippen LogP contribution in [0.2, 0.25) is 0 Å². The van der Waals surface area contributed by atoms with Crippen LogP contribution in [0.15, 0.2) is 51.8 Å². The predicted molar refractivity (Wildman–Crippen MR) is 77.8 cm³/mol. The van der Waals surface area contributed by atoms with Gasteiger partial charge in [-0.2, -0.15) is 13.7 Å². The van der Waals surface area contributed by atoms with Crippen LogP contribution in [0, 0.1) is 18.3 Å². The van der Waals surface area contributed by atoms with Crippen LogP contribution in [-0.2, 0) is 10.1 Å². The van der Waals surface area contributed by atoms with Crippen LogP contribution in [0.4, 0.5) is 0 Å². The summed E-state index contributed by atoms with van der Waals surface area (Å²) in [5, 5.41) is 9.00. The quantitative estimate of drug-likeness (QED) is 0.794. The minimum absolute atomic E-state index is 0.0104. The van der Waals surface area contributed by atoms with E-state index in [1.807, 2.05) is 13.0 Å². The average Bonchev–Trinajstić information content (AvgIpc) is 2.41. The van der Waals surface area contributed by atoms with Gasteiger partial charge in [0.2, 0.25) is 0 Å². The van der Waals surface area contributed by atoms with Crippen LogP contribution >= 0.6 is 15.9 Å². The van der Waals surface area contributed by atoms with E-state index in [1.54, 1.807) is 18.2 Å². The molecule has 2 aromatic carbocycles. The summed E-state index contributed by atoms with van der Waals surface area (Å²) in [6.45, 7) is 1.86. The Labute approximate surface area is 125 Å². The highest BCUT2D eigenvalue weighted by Crippen LogP contribution is 2.25. The van der Waals surface area contributed by atoms with Gasteiger partial charge >= 0.3 is 10.1 Å². The van der Waals surface area contributed by atoms with Crippen molar-refractivity contribution >= 4 is 26.0 Å². The van der Waals surface area contributed by atoms with Crippen LogP contribution in [0.5, 0.6) is 5.75 Å². The third kappa shape index (κ3) is 3.18. The van der Waals surface area contributed by atoms with Gasteiger partial charge in [0.1, 0.15) is 11.0 Å². The van der Waals surface area contributed by atoms with E-state index >= 15 is 0 Å². The summed E-state index contributed by atoms with van der Waals surface area (Å²) in [5.74, 6) is 0.0104. The minimum atomic E-state index is -3.94. The van der Waals surface area contributed by atoms with Gasteiger partial charge in [-0.15, -0.1) is 0 Å². The first-order chi connectivity index (χ1) is 9.42. The highest BCUT2D eigenvalue weighted by atomic mass is 79.9. The molecule has 0 saturated heterocycles. The molecule has 0 amide bonds. The van der Waals surface area contributed by atoms with E-state index < -0.39 is 10.1 Å². The Morgan fingerprint density at radius 3 is 2.40 bits per heavy atom. The first-order valence-corrected chi connectivity index (χ1v) is 7.83. The monoisotopic (exact) mass is 351 g/mol. The van der Waals surface area contributed by atoms with E-state index in [1.165, 1.54) is 24.3 Å². The van der Waals surface area contributed by atoms with Gasteiger partial charge in [-0.1, -0.05) is 33.6 Å². The fourth-order valence-electron chi connectivity index (χ4n) is 1.53. The number of hydrogen-bond donors (Lipinski definition) is 0. The molecule has 0 atom stereocenters. The molecule has 0 spiro atoms. The number of nitrogens with zero attached hydrogens (tertiary/aromatic N) is 1. The minimum Gasteiger partial charge on any atom is -0.378 e. The second kappa shape index (κ2) is 5.65. The highest BCUT2D eigenvalue weighted by molar-refractivity contribution is 9.10. The molecule has 2 rings (SSSR count). The molecule has 20 heavy (non-hydrogen) atoms. The smallest absolute Gasteiger partial charge is 0.339 e. The molecule has 0 aromatic heterocycles. The summed E-state index contributed by atoms with van der Waals surface area (Å²) >= 11 is 3.21. The average molecular weight is 352 g/mol. The molecule has 0 aliphatic carbocycles. The van der Waals surface area contributed by atoms with Crippen molar-refractivity contribution in [2.45, 2.75) is 11.8 Å². The summed E-state index contributed by atoms with van der Waals surface area (Å²) in [6, 6.07) is 12.8. The van der Waals surface area contributed by atoms with Gasteiger partial charge in [0.05, 0.1) is 5.56 Å². The lowest BCUT2D eigenvalue weighted by Gasteiger charge is -2.08. The molecule has 2 aromatic rings. The van der Waals surface area contributed by atoms with Gasteiger partial charge in [0, 0.05) is 4.47 Å². The molecular weight excluding hydrogens is 342 g/mol. The van der Waals surface area contributed by atoms with Crippen molar-refractivity contribution in [3.05, 3.63) is 58.1 Å². The molecule has 0 radical (unpaired) electrons. The van der Waals surface area contributed by atoms with Crippen molar-refractivity contribution in [2.24, 2.45) is 0 Å².